The highest BCUT2D eigenvalue weighted by atomic mass is 19.4. The summed E-state index contributed by atoms with van der Waals surface area (Å²) in [7, 11) is 1.37. The Balaban J connectivity index is 0.000000479. The van der Waals surface area contributed by atoms with Crippen LogP contribution >= 0.6 is 0 Å². The number of carbonyl (C=O) groups is 2. The maximum Gasteiger partial charge on any atom is 0.490 e. The van der Waals surface area contributed by atoms with Crippen LogP contribution in [0.15, 0.2) is 9.59 Å². The van der Waals surface area contributed by atoms with Gasteiger partial charge in [0.1, 0.15) is 6.54 Å². The predicted molar refractivity (Wildman–Crippen MR) is 111 cm³/mol. The Morgan fingerprint density at radius 1 is 1.21 bits per heavy atom. The van der Waals surface area contributed by atoms with E-state index in [-0.39, 0.29) is 24.3 Å². The molecule has 0 spiro atoms. The van der Waals surface area contributed by atoms with Crippen molar-refractivity contribution in [3.63, 3.8) is 0 Å². The number of amides is 1. The van der Waals surface area contributed by atoms with Crippen molar-refractivity contribution in [2.45, 2.75) is 26.2 Å². The molecule has 0 atom stereocenters. The van der Waals surface area contributed by atoms with Crippen LogP contribution in [0.25, 0.3) is 11.2 Å². The summed E-state index contributed by atoms with van der Waals surface area (Å²) >= 11 is 0. The number of alkyl halides is 3. The molecule has 180 valence electrons. The van der Waals surface area contributed by atoms with Crippen molar-refractivity contribution in [3.05, 3.63) is 20.8 Å². The highest BCUT2D eigenvalue weighted by molar-refractivity contribution is 5.79. The van der Waals surface area contributed by atoms with Gasteiger partial charge in [-0.2, -0.15) is 18.2 Å². The van der Waals surface area contributed by atoms with Crippen molar-refractivity contribution in [1.29, 1.82) is 0 Å². The first-order chi connectivity index (χ1) is 15.4. The number of anilines is 1. The largest absolute Gasteiger partial charge is 0.490 e. The van der Waals surface area contributed by atoms with E-state index in [1.165, 1.54) is 7.05 Å². The number of hydrogen-bond donors (Lipinski definition) is 3. The number of halogens is 3. The van der Waals surface area contributed by atoms with E-state index in [4.69, 9.17) is 15.6 Å². The molecule has 0 unspecified atom stereocenters. The molecular formula is C18H22F3N7O5. The van der Waals surface area contributed by atoms with E-state index >= 15 is 0 Å². The molecule has 2 aromatic heterocycles. The number of hydrogen-bond acceptors (Lipinski definition) is 7. The van der Waals surface area contributed by atoms with Crippen molar-refractivity contribution in [1.82, 2.24) is 24.0 Å². The number of aromatic nitrogens is 4. The zero-order valence-corrected chi connectivity index (χ0v) is 17.8. The van der Waals surface area contributed by atoms with Crippen molar-refractivity contribution < 1.29 is 27.9 Å². The molecule has 0 aromatic carbocycles. The summed E-state index contributed by atoms with van der Waals surface area (Å²) in [4.78, 5) is 52.1. The maximum absolute atomic E-state index is 12.8. The summed E-state index contributed by atoms with van der Waals surface area (Å²) in [5, 5.41) is 10.4. The molecule has 3 heterocycles. The van der Waals surface area contributed by atoms with Gasteiger partial charge in [0.25, 0.3) is 5.56 Å². The molecule has 2 aromatic rings. The number of carboxylic acid groups (broad SMARTS) is 1. The van der Waals surface area contributed by atoms with Gasteiger partial charge in [-0.25, -0.2) is 9.59 Å². The van der Waals surface area contributed by atoms with Crippen molar-refractivity contribution in [3.8, 4) is 11.8 Å². The summed E-state index contributed by atoms with van der Waals surface area (Å²) in [5.74, 6) is 2.88. The second-order valence-electron chi connectivity index (χ2n) is 6.84. The first-order valence-electron chi connectivity index (χ1n) is 9.53. The van der Waals surface area contributed by atoms with Gasteiger partial charge in [-0.3, -0.25) is 23.3 Å². The molecule has 33 heavy (non-hydrogen) atoms. The maximum atomic E-state index is 12.8. The lowest BCUT2D eigenvalue weighted by Crippen LogP contribution is -2.44. The smallest absolute Gasteiger partial charge is 0.475 e. The van der Waals surface area contributed by atoms with Crippen LogP contribution in [0.1, 0.15) is 6.92 Å². The lowest BCUT2D eigenvalue weighted by Gasteiger charge is -2.28. The van der Waals surface area contributed by atoms with Gasteiger partial charge in [0.15, 0.2) is 11.2 Å². The van der Waals surface area contributed by atoms with Crippen LogP contribution in [-0.2, 0) is 29.7 Å². The lowest BCUT2D eigenvalue weighted by molar-refractivity contribution is -0.192. The number of carboxylic acids is 1. The minimum Gasteiger partial charge on any atom is -0.475 e. The fraction of sp³-hybridized carbons (Fsp3) is 0.500. The standard InChI is InChI=1S/C16H21N7O3.C2HF3O2/c1-3-4-7-22-12-13(19-15(22)21-8-5-18-6-9-21)23(10-11(17)24)16(26)20(2)14(12)25;3-2(4,5)1(6)7/h18H,5-10H2,1-2H3,(H2,17,24);(H,6,7). The fourth-order valence-corrected chi connectivity index (χ4v) is 3.06. The Morgan fingerprint density at radius 2 is 1.79 bits per heavy atom. The number of fused-ring (bicyclic) bond motifs is 1. The highest BCUT2D eigenvalue weighted by Crippen LogP contribution is 2.20. The van der Waals surface area contributed by atoms with Gasteiger partial charge >= 0.3 is 17.8 Å². The van der Waals surface area contributed by atoms with Crippen LogP contribution in [-0.4, -0.2) is 68.0 Å². The van der Waals surface area contributed by atoms with Gasteiger partial charge in [-0.05, 0) is 6.92 Å². The van der Waals surface area contributed by atoms with Crippen LogP contribution in [0.4, 0.5) is 19.1 Å². The molecule has 12 nitrogen and oxygen atoms in total. The molecule has 0 saturated carbocycles. The van der Waals surface area contributed by atoms with E-state index in [1.54, 1.807) is 11.5 Å². The van der Waals surface area contributed by atoms with Crippen LogP contribution in [0.2, 0.25) is 0 Å². The van der Waals surface area contributed by atoms with Crippen LogP contribution in [0, 0.1) is 11.8 Å². The fourth-order valence-electron chi connectivity index (χ4n) is 3.06. The third kappa shape index (κ3) is 5.71. The normalized spacial score (nSPS) is 13.7. The number of primary amides is 1. The Labute approximate surface area is 184 Å². The number of rotatable bonds is 4. The zero-order valence-electron chi connectivity index (χ0n) is 17.8. The van der Waals surface area contributed by atoms with E-state index in [0.29, 0.717) is 19.0 Å². The van der Waals surface area contributed by atoms with Gasteiger partial charge in [-0.15, -0.1) is 5.92 Å². The van der Waals surface area contributed by atoms with E-state index in [1.807, 2.05) is 4.90 Å². The molecular weight excluding hydrogens is 451 g/mol. The van der Waals surface area contributed by atoms with E-state index < -0.39 is 29.3 Å². The quantitative estimate of drug-likeness (QED) is 0.451. The minimum atomic E-state index is -5.08. The molecule has 0 bridgehead atoms. The number of carbonyl (C=O) groups excluding carboxylic acids is 1. The third-order valence-corrected chi connectivity index (χ3v) is 4.58. The van der Waals surface area contributed by atoms with Crippen LogP contribution in [0.3, 0.4) is 0 Å². The molecule has 0 radical (unpaired) electrons. The molecule has 0 aliphatic carbocycles. The van der Waals surface area contributed by atoms with Gasteiger partial charge < -0.3 is 21.1 Å². The lowest BCUT2D eigenvalue weighted by atomic mass is 10.4. The van der Waals surface area contributed by atoms with Crippen molar-refractivity contribution in [2.24, 2.45) is 12.8 Å². The number of nitrogens with one attached hydrogen (secondary N) is 1. The third-order valence-electron chi connectivity index (χ3n) is 4.58. The molecule has 1 saturated heterocycles. The predicted octanol–water partition coefficient (Wildman–Crippen LogP) is -1.55. The number of nitrogens with zero attached hydrogens (tertiary/aromatic N) is 5. The van der Waals surface area contributed by atoms with E-state index in [0.717, 1.165) is 22.2 Å². The second-order valence-corrected chi connectivity index (χ2v) is 6.84. The Kier molecular flexibility index (Phi) is 7.88. The van der Waals surface area contributed by atoms with E-state index in [9.17, 15) is 27.6 Å². The van der Waals surface area contributed by atoms with Gasteiger partial charge in [0.05, 0.1) is 6.54 Å². The Morgan fingerprint density at radius 3 is 2.27 bits per heavy atom. The average Bonchev–Trinajstić information content (AvgIpc) is 3.13. The van der Waals surface area contributed by atoms with Gasteiger partial charge in [0.2, 0.25) is 11.9 Å². The molecule has 4 N–H and O–H groups in total. The van der Waals surface area contributed by atoms with E-state index in [2.05, 4.69) is 22.1 Å². The molecule has 1 aliphatic rings. The molecule has 3 rings (SSSR count). The van der Waals surface area contributed by atoms with Gasteiger partial charge in [0, 0.05) is 33.2 Å². The summed E-state index contributed by atoms with van der Waals surface area (Å²) in [5.41, 5.74) is 4.57. The van der Waals surface area contributed by atoms with Crippen LogP contribution < -0.4 is 27.2 Å². The summed E-state index contributed by atoms with van der Waals surface area (Å²) < 4.78 is 35.5. The monoisotopic (exact) mass is 473 g/mol. The zero-order chi connectivity index (χ0) is 24.9. The second kappa shape index (κ2) is 10.2. The SMILES string of the molecule is CC#CCn1c(N2CCNCC2)nc2c1c(=O)n(C)c(=O)n2CC(N)=O.O=C(O)C(F)(F)F. The number of piperazine rings is 1. The number of imidazole rings is 1. The molecule has 1 aliphatic heterocycles. The number of nitrogens with two attached hydrogens (primary N) is 1. The highest BCUT2D eigenvalue weighted by Gasteiger charge is 2.38. The number of aliphatic carboxylic acids is 1. The van der Waals surface area contributed by atoms with Gasteiger partial charge in [-0.1, -0.05) is 5.92 Å². The average molecular weight is 473 g/mol. The minimum absolute atomic E-state index is 0.156. The van der Waals surface area contributed by atoms with Crippen LogP contribution in [0.5, 0.6) is 0 Å². The first-order valence-corrected chi connectivity index (χ1v) is 9.53. The van der Waals surface area contributed by atoms with Crippen molar-refractivity contribution in [2.75, 3.05) is 31.1 Å². The molecule has 15 heteroatoms. The topological polar surface area (TPSA) is 157 Å². The Hall–Kier alpha value is -3.80. The van der Waals surface area contributed by atoms with Crippen molar-refractivity contribution >= 4 is 29.0 Å². The first kappa shape index (κ1) is 25.5. The molecule has 1 amide bonds. The summed E-state index contributed by atoms with van der Waals surface area (Å²) in [6.45, 7) is 4.62. The summed E-state index contributed by atoms with van der Waals surface area (Å²) in [6, 6.07) is 0. The summed E-state index contributed by atoms with van der Waals surface area (Å²) in [6.07, 6.45) is -5.08. The molecule has 1 fully saturated rings. The Bertz CT molecular complexity index is 1230.